The molecular weight excluding hydrogens is 394 g/mol. The molecule has 0 bridgehead atoms. The molecule has 1 fully saturated rings. The smallest absolute Gasteiger partial charge is 0.132 e. The molecule has 2 aromatic carbocycles. The first-order chi connectivity index (χ1) is 14.7. The lowest BCUT2D eigenvalue weighted by atomic mass is 10.1. The molecule has 30 heavy (non-hydrogen) atoms. The Morgan fingerprint density at radius 1 is 0.933 bits per heavy atom. The Bertz CT molecular complexity index is 937. The van der Waals surface area contributed by atoms with E-state index in [2.05, 4.69) is 45.5 Å². The third-order valence-electron chi connectivity index (χ3n) is 5.60. The van der Waals surface area contributed by atoms with Crippen LogP contribution in [0.25, 0.3) is 10.6 Å². The molecule has 1 aliphatic heterocycles. The zero-order valence-electron chi connectivity index (χ0n) is 17.7. The lowest BCUT2D eigenvalue weighted by molar-refractivity contribution is 0.127. The number of piperazine rings is 1. The van der Waals surface area contributed by atoms with Gasteiger partial charge in [-0.05, 0) is 24.1 Å². The van der Waals surface area contributed by atoms with Crippen LogP contribution in [0.2, 0.25) is 0 Å². The van der Waals surface area contributed by atoms with Gasteiger partial charge in [0.1, 0.15) is 16.5 Å². The highest BCUT2D eigenvalue weighted by Crippen LogP contribution is 2.35. The Kier molecular flexibility index (Phi) is 7.00. The number of hydrogen-bond acceptors (Lipinski definition) is 6. The quantitative estimate of drug-likeness (QED) is 0.543. The number of ether oxygens (including phenoxy) is 2. The summed E-state index contributed by atoms with van der Waals surface area (Å²) in [7, 11) is 3.35. The van der Waals surface area contributed by atoms with Crippen molar-refractivity contribution >= 4 is 11.3 Å². The van der Waals surface area contributed by atoms with Gasteiger partial charge in [0.25, 0.3) is 0 Å². The highest BCUT2D eigenvalue weighted by Gasteiger charge is 2.18. The van der Waals surface area contributed by atoms with Crippen LogP contribution in [0.15, 0.2) is 53.9 Å². The fraction of sp³-hybridized carbons (Fsp3) is 0.375. The Morgan fingerprint density at radius 3 is 2.43 bits per heavy atom. The number of methoxy groups -OCH3 is 2. The number of benzene rings is 2. The van der Waals surface area contributed by atoms with Gasteiger partial charge >= 0.3 is 0 Å². The summed E-state index contributed by atoms with van der Waals surface area (Å²) in [5.41, 5.74) is 3.56. The molecule has 3 aromatic rings. The molecule has 6 heteroatoms. The molecule has 0 aliphatic carbocycles. The lowest BCUT2D eigenvalue weighted by Crippen LogP contribution is -2.46. The molecular formula is C24H29N3O2S. The fourth-order valence-corrected chi connectivity index (χ4v) is 4.65. The summed E-state index contributed by atoms with van der Waals surface area (Å²) in [4.78, 5) is 9.95. The van der Waals surface area contributed by atoms with Gasteiger partial charge in [0.05, 0.1) is 25.5 Å². The van der Waals surface area contributed by atoms with Gasteiger partial charge < -0.3 is 14.4 Å². The number of rotatable bonds is 8. The second-order valence-corrected chi connectivity index (χ2v) is 8.42. The lowest BCUT2D eigenvalue weighted by Gasteiger charge is -2.34. The van der Waals surface area contributed by atoms with Crippen LogP contribution in [0.1, 0.15) is 11.3 Å². The third kappa shape index (κ3) is 5.19. The minimum atomic E-state index is 0.789. The van der Waals surface area contributed by atoms with E-state index >= 15 is 0 Å². The molecule has 0 radical (unpaired) electrons. The van der Waals surface area contributed by atoms with Crippen molar-refractivity contribution in [1.29, 1.82) is 0 Å². The number of thiazole rings is 1. The summed E-state index contributed by atoms with van der Waals surface area (Å²) in [5, 5.41) is 3.16. The predicted molar refractivity (Wildman–Crippen MR) is 123 cm³/mol. The summed E-state index contributed by atoms with van der Waals surface area (Å²) >= 11 is 1.67. The molecule has 0 N–H and O–H groups in total. The van der Waals surface area contributed by atoms with Crippen LogP contribution in [-0.4, -0.2) is 61.7 Å². The van der Waals surface area contributed by atoms with Crippen molar-refractivity contribution in [2.24, 2.45) is 0 Å². The van der Waals surface area contributed by atoms with Crippen LogP contribution >= 0.6 is 11.3 Å². The van der Waals surface area contributed by atoms with Gasteiger partial charge in [-0.15, -0.1) is 11.3 Å². The fourth-order valence-electron chi connectivity index (χ4n) is 3.81. The van der Waals surface area contributed by atoms with Gasteiger partial charge in [-0.1, -0.05) is 30.3 Å². The molecule has 0 saturated carbocycles. The Balaban J connectivity index is 1.30. The highest BCUT2D eigenvalue weighted by molar-refractivity contribution is 7.13. The summed E-state index contributed by atoms with van der Waals surface area (Å²) in [6, 6.07) is 16.6. The zero-order chi connectivity index (χ0) is 20.8. The maximum Gasteiger partial charge on any atom is 0.132 e. The first kappa shape index (κ1) is 20.8. The van der Waals surface area contributed by atoms with Crippen molar-refractivity contribution in [3.05, 3.63) is 65.2 Å². The van der Waals surface area contributed by atoms with Gasteiger partial charge in [-0.2, -0.15) is 0 Å². The predicted octanol–water partition coefficient (Wildman–Crippen LogP) is 4.19. The van der Waals surface area contributed by atoms with E-state index in [-0.39, 0.29) is 0 Å². The number of hydrogen-bond donors (Lipinski definition) is 0. The summed E-state index contributed by atoms with van der Waals surface area (Å²) in [5.74, 6) is 1.58. The van der Waals surface area contributed by atoms with E-state index in [1.54, 1.807) is 25.6 Å². The molecule has 0 unspecified atom stereocenters. The van der Waals surface area contributed by atoms with Gasteiger partial charge in [0.15, 0.2) is 0 Å². The van der Waals surface area contributed by atoms with E-state index in [9.17, 15) is 0 Å². The second-order valence-electron chi connectivity index (χ2n) is 7.56. The molecule has 0 spiro atoms. The second kappa shape index (κ2) is 10.1. The van der Waals surface area contributed by atoms with Gasteiger partial charge in [-0.3, -0.25) is 4.90 Å². The van der Waals surface area contributed by atoms with Crippen LogP contribution in [0.4, 0.5) is 0 Å². The highest BCUT2D eigenvalue weighted by atomic mass is 32.1. The van der Waals surface area contributed by atoms with E-state index in [1.807, 2.05) is 18.2 Å². The standard InChI is InChI=1S/C24H29N3O2S/c1-28-21-8-9-22(23(16-21)29-2)24-25-20(18-30-24)17-27-14-12-26(13-15-27)11-10-19-6-4-3-5-7-19/h3-9,16,18H,10-15,17H2,1-2H3. The van der Waals surface area contributed by atoms with E-state index in [0.29, 0.717) is 0 Å². The van der Waals surface area contributed by atoms with E-state index in [0.717, 1.165) is 73.5 Å². The van der Waals surface area contributed by atoms with Crippen LogP contribution in [-0.2, 0) is 13.0 Å². The largest absolute Gasteiger partial charge is 0.497 e. The van der Waals surface area contributed by atoms with Crippen LogP contribution < -0.4 is 9.47 Å². The van der Waals surface area contributed by atoms with E-state index in [1.165, 1.54) is 5.56 Å². The first-order valence-corrected chi connectivity index (χ1v) is 11.3. The summed E-state index contributed by atoms with van der Waals surface area (Å²) in [6.45, 7) is 6.46. The Hall–Kier alpha value is -2.41. The number of aromatic nitrogens is 1. The van der Waals surface area contributed by atoms with Crippen molar-refractivity contribution in [2.45, 2.75) is 13.0 Å². The number of nitrogens with zero attached hydrogens (tertiary/aromatic N) is 3. The maximum atomic E-state index is 5.54. The SMILES string of the molecule is COc1ccc(-c2nc(CN3CCN(CCc4ccccc4)CC3)cs2)c(OC)c1. The molecule has 5 nitrogen and oxygen atoms in total. The molecule has 1 saturated heterocycles. The Morgan fingerprint density at radius 2 is 1.70 bits per heavy atom. The minimum Gasteiger partial charge on any atom is -0.497 e. The third-order valence-corrected chi connectivity index (χ3v) is 6.53. The maximum absolute atomic E-state index is 5.54. The van der Waals surface area contributed by atoms with E-state index < -0.39 is 0 Å². The van der Waals surface area contributed by atoms with Gasteiger partial charge in [0.2, 0.25) is 0 Å². The van der Waals surface area contributed by atoms with Crippen LogP contribution in [0, 0.1) is 0 Å². The van der Waals surface area contributed by atoms with Crippen molar-refractivity contribution < 1.29 is 9.47 Å². The monoisotopic (exact) mass is 423 g/mol. The topological polar surface area (TPSA) is 37.8 Å². The molecule has 0 atom stereocenters. The Labute approximate surface area is 182 Å². The van der Waals surface area contributed by atoms with Gasteiger partial charge in [0, 0.05) is 50.7 Å². The molecule has 0 amide bonds. The van der Waals surface area contributed by atoms with Crippen molar-refractivity contribution in [1.82, 2.24) is 14.8 Å². The normalized spacial score (nSPS) is 15.3. The molecule has 158 valence electrons. The van der Waals surface area contributed by atoms with Crippen LogP contribution in [0.3, 0.4) is 0 Å². The summed E-state index contributed by atoms with van der Waals surface area (Å²) in [6.07, 6.45) is 1.12. The van der Waals surface area contributed by atoms with Gasteiger partial charge in [-0.25, -0.2) is 4.98 Å². The molecule has 1 aromatic heterocycles. The summed E-state index contributed by atoms with van der Waals surface area (Å²) < 4.78 is 10.8. The first-order valence-electron chi connectivity index (χ1n) is 10.4. The van der Waals surface area contributed by atoms with Crippen LogP contribution in [0.5, 0.6) is 11.5 Å². The molecule has 1 aliphatic rings. The molecule has 2 heterocycles. The van der Waals surface area contributed by atoms with Crippen molar-refractivity contribution in [3.63, 3.8) is 0 Å². The molecule has 4 rings (SSSR count). The van der Waals surface area contributed by atoms with Crippen molar-refractivity contribution in [2.75, 3.05) is 46.9 Å². The minimum absolute atomic E-state index is 0.789. The average molecular weight is 424 g/mol. The average Bonchev–Trinajstić information content (AvgIpc) is 3.27. The van der Waals surface area contributed by atoms with Crippen molar-refractivity contribution in [3.8, 4) is 22.1 Å². The van der Waals surface area contributed by atoms with E-state index in [4.69, 9.17) is 14.5 Å². The zero-order valence-corrected chi connectivity index (χ0v) is 18.5.